The minimum absolute atomic E-state index is 1.02. The summed E-state index contributed by atoms with van der Waals surface area (Å²) in [6, 6.07) is 8.36. The van der Waals surface area contributed by atoms with Gasteiger partial charge in [-0.05, 0) is 11.1 Å². The third-order valence-corrected chi connectivity index (χ3v) is 3.16. The van der Waals surface area contributed by atoms with Gasteiger partial charge in [0.25, 0.3) is 0 Å². The van der Waals surface area contributed by atoms with E-state index in [1.807, 2.05) is 12.3 Å². The van der Waals surface area contributed by atoms with Gasteiger partial charge < -0.3 is 0 Å². The van der Waals surface area contributed by atoms with Crippen molar-refractivity contribution in [1.29, 1.82) is 0 Å². The van der Waals surface area contributed by atoms with Crippen molar-refractivity contribution in [3.8, 4) is 11.1 Å². The van der Waals surface area contributed by atoms with Crippen LogP contribution in [0.5, 0.6) is 0 Å². The van der Waals surface area contributed by atoms with Crippen LogP contribution in [0.4, 0.5) is 0 Å². The van der Waals surface area contributed by atoms with E-state index in [0.717, 1.165) is 10.9 Å². The number of hydrogen-bond donors (Lipinski definition) is 0. The molecule has 1 heterocycles. The molecule has 3 aliphatic rings. The molecule has 0 amide bonds. The van der Waals surface area contributed by atoms with Crippen molar-refractivity contribution in [3.63, 3.8) is 0 Å². The summed E-state index contributed by atoms with van der Waals surface area (Å²) in [6.45, 7) is 0. The fourth-order valence-electron chi connectivity index (χ4n) is 2.48. The lowest BCUT2D eigenvalue weighted by Gasteiger charge is -1.98. The zero-order valence-corrected chi connectivity index (χ0v) is 8.51. The molecule has 0 bridgehead atoms. The molecule has 0 unspecified atom stereocenters. The van der Waals surface area contributed by atoms with E-state index in [4.69, 9.17) is 0 Å². The molecule has 0 aromatic carbocycles. The second-order valence-electron chi connectivity index (χ2n) is 4.01. The summed E-state index contributed by atoms with van der Waals surface area (Å²) < 4.78 is 0. The number of allylic oxidation sites excluding steroid dienone is 1. The van der Waals surface area contributed by atoms with Crippen LogP contribution in [-0.2, 0) is 0 Å². The molecule has 0 N–H and O–H groups in total. The Hall–Kier alpha value is -2.22. The molecule has 1 aromatic rings. The highest BCUT2D eigenvalue weighted by molar-refractivity contribution is 6.03. The van der Waals surface area contributed by atoms with Gasteiger partial charge in [-0.2, -0.15) is 5.10 Å². The Morgan fingerprint density at radius 2 is 2.00 bits per heavy atom. The predicted octanol–water partition coefficient (Wildman–Crippen LogP) is 2.26. The minimum atomic E-state index is 1.02. The third kappa shape index (κ3) is 0.823. The summed E-state index contributed by atoms with van der Waals surface area (Å²) >= 11 is 0. The number of rotatable bonds is 0. The minimum Gasteiger partial charge on any atom is -0.158 e. The molecule has 0 saturated heterocycles. The standard InChI is InChI=1S/C14H8N2/c1-2-5-11-10-6-3-7-12(10)14-13(11)9(4-1)8-15-16-14/h1-8H. The first-order valence-corrected chi connectivity index (χ1v) is 5.29. The average molecular weight is 204 g/mol. The van der Waals surface area contributed by atoms with Crippen LogP contribution in [0.25, 0.3) is 34.2 Å². The van der Waals surface area contributed by atoms with Crippen molar-refractivity contribution < 1.29 is 0 Å². The van der Waals surface area contributed by atoms with Gasteiger partial charge in [-0.25, -0.2) is 0 Å². The number of fused-ring (bicyclic) bond motifs is 3. The third-order valence-electron chi connectivity index (χ3n) is 3.16. The summed E-state index contributed by atoms with van der Waals surface area (Å²) in [6.07, 6.45) is 8.15. The summed E-state index contributed by atoms with van der Waals surface area (Å²) in [4.78, 5) is 0. The number of hydrogen-bond acceptors (Lipinski definition) is 2. The van der Waals surface area contributed by atoms with Crippen LogP contribution in [0.3, 0.4) is 0 Å². The Morgan fingerprint density at radius 1 is 1.06 bits per heavy atom. The van der Waals surface area contributed by atoms with E-state index < -0.39 is 0 Å². The van der Waals surface area contributed by atoms with E-state index in [1.165, 1.54) is 21.9 Å². The van der Waals surface area contributed by atoms with E-state index in [-0.39, 0.29) is 0 Å². The average Bonchev–Trinajstić information content (AvgIpc) is 2.80. The van der Waals surface area contributed by atoms with Gasteiger partial charge in [-0.1, -0.05) is 42.5 Å². The molecule has 0 aliphatic heterocycles. The van der Waals surface area contributed by atoms with Crippen LogP contribution < -0.4 is 5.22 Å². The molecule has 0 saturated carbocycles. The summed E-state index contributed by atoms with van der Waals surface area (Å²) in [5.41, 5.74) is 4.79. The van der Waals surface area contributed by atoms with Gasteiger partial charge in [0, 0.05) is 16.2 Å². The molecule has 3 aliphatic carbocycles. The Morgan fingerprint density at radius 3 is 3.00 bits per heavy atom. The monoisotopic (exact) mass is 204 g/mol. The van der Waals surface area contributed by atoms with Crippen LogP contribution in [0.1, 0.15) is 5.56 Å². The molecule has 0 spiro atoms. The zero-order chi connectivity index (χ0) is 10.5. The fraction of sp³-hybridized carbons (Fsp3) is 0. The summed E-state index contributed by atoms with van der Waals surface area (Å²) in [7, 11) is 0. The smallest absolute Gasteiger partial charge is 0.102 e. The van der Waals surface area contributed by atoms with Crippen molar-refractivity contribution >= 4 is 23.1 Å². The van der Waals surface area contributed by atoms with E-state index >= 15 is 0 Å². The highest BCUT2D eigenvalue weighted by Gasteiger charge is 2.18. The summed E-state index contributed by atoms with van der Waals surface area (Å²) in [5.74, 6) is 0. The maximum Gasteiger partial charge on any atom is 0.102 e. The Bertz CT molecular complexity index is 756. The lowest BCUT2D eigenvalue weighted by atomic mass is 10.1. The van der Waals surface area contributed by atoms with Crippen LogP contribution in [0.2, 0.25) is 0 Å². The zero-order valence-electron chi connectivity index (χ0n) is 8.51. The SMILES string of the molecule is C1=Cc2c3ccccc4cnnc(c4-3)c2=C1. The van der Waals surface area contributed by atoms with Crippen LogP contribution >= 0.6 is 0 Å². The molecule has 74 valence electrons. The molecule has 0 radical (unpaired) electrons. The first kappa shape index (κ1) is 7.99. The van der Waals surface area contributed by atoms with Gasteiger partial charge in [0.15, 0.2) is 0 Å². The predicted molar refractivity (Wildman–Crippen MR) is 64.9 cm³/mol. The van der Waals surface area contributed by atoms with E-state index in [0.29, 0.717) is 0 Å². The largest absolute Gasteiger partial charge is 0.158 e. The molecule has 16 heavy (non-hydrogen) atoms. The highest BCUT2D eigenvalue weighted by Crippen LogP contribution is 2.33. The van der Waals surface area contributed by atoms with Gasteiger partial charge in [0.05, 0.1) is 6.20 Å². The van der Waals surface area contributed by atoms with E-state index in [2.05, 4.69) is 46.6 Å². The second-order valence-corrected chi connectivity index (χ2v) is 4.01. The second kappa shape index (κ2) is 2.67. The van der Waals surface area contributed by atoms with Gasteiger partial charge >= 0.3 is 0 Å². The van der Waals surface area contributed by atoms with E-state index in [1.54, 1.807) is 0 Å². The maximum atomic E-state index is 4.27. The topological polar surface area (TPSA) is 25.8 Å². The Kier molecular flexibility index (Phi) is 1.33. The molecule has 2 heteroatoms. The van der Waals surface area contributed by atoms with E-state index in [9.17, 15) is 0 Å². The maximum absolute atomic E-state index is 4.27. The van der Waals surface area contributed by atoms with Gasteiger partial charge in [-0.3, -0.25) is 0 Å². The van der Waals surface area contributed by atoms with Crippen LogP contribution in [-0.4, -0.2) is 10.2 Å². The fourth-order valence-corrected chi connectivity index (χ4v) is 2.48. The van der Waals surface area contributed by atoms with Crippen molar-refractivity contribution in [1.82, 2.24) is 10.2 Å². The number of nitrogens with zero attached hydrogens (tertiary/aromatic N) is 2. The molecule has 2 nitrogen and oxygen atoms in total. The molecule has 0 atom stereocenters. The molecule has 1 aromatic heterocycles. The van der Waals surface area contributed by atoms with Gasteiger partial charge in [0.2, 0.25) is 0 Å². The quantitative estimate of drug-likeness (QED) is 0.561. The normalized spacial score (nSPS) is 13.2. The first-order chi connectivity index (χ1) is 7.95. The molecular formula is C14H8N2. The summed E-state index contributed by atoms with van der Waals surface area (Å²) in [5, 5.41) is 10.7. The van der Waals surface area contributed by atoms with Gasteiger partial charge in [0.1, 0.15) is 5.52 Å². The van der Waals surface area contributed by atoms with Gasteiger partial charge in [-0.15, -0.1) is 5.10 Å². The first-order valence-electron chi connectivity index (χ1n) is 5.29. The number of aromatic nitrogens is 2. The van der Waals surface area contributed by atoms with Crippen molar-refractivity contribution in [3.05, 3.63) is 47.3 Å². The lowest BCUT2D eigenvalue weighted by Crippen LogP contribution is -1.99. The molecular weight excluding hydrogens is 196 g/mol. The van der Waals surface area contributed by atoms with Crippen molar-refractivity contribution in [2.75, 3.05) is 0 Å². The van der Waals surface area contributed by atoms with Crippen molar-refractivity contribution in [2.24, 2.45) is 0 Å². The Labute approximate surface area is 92.3 Å². The van der Waals surface area contributed by atoms with Crippen molar-refractivity contribution in [2.45, 2.75) is 0 Å². The lowest BCUT2D eigenvalue weighted by molar-refractivity contribution is 1.08. The molecule has 4 rings (SSSR count). The Balaban J connectivity index is 2.40. The van der Waals surface area contributed by atoms with Crippen LogP contribution in [0.15, 0.2) is 36.5 Å². The highest BCUT2D eigenvalue weighted by atomic mass is 15.1. The van der Waals surface area contributed by atoms with Crippen LogP contribution in [0, 0.1) is 0 Å². The molecule has 0 fully saturated rings.